The number of hydrogen-bond acceptors (Lipinski definition) is 6. The van der Waals surface area contributed by atoms with E-state index in [1.54, 1.807) is 24.2 Å². The highest BCUT2D eigenvalue weighted by molar-refractivity contribution is 5.95. The summed E-state index contributed by atoms with van der Waals surface area (Å²) >= 11 is 0. The topological polar surface area (TPSA) is 86.0 Å². The van der Waals surface area contributed by atoms with Crippen LogP contribution in [0.4, 0.5) is 0 Å². The number of methoxy groups -OCH3 is 1. The van der Waals surface area contributed by atoms with Gasteiger partial charge in [-0.3, -0.25) is 9.78 Å². The summed E-state index contributed by atoms with van der Waals surface area (Å²) in [6.45, 7) is 2.63. The molecule has 0 bridgehead atoms. The highest BCUT2D eigenvalue weighted by atomic mass is 16.5. The third-order valence-electron chi connectivity index (χ3n) is 7.35. The van der Waals surface area contributed by atoms with Crippen molar-refractivity contribution in [2.75, 3.05) is 13.7 Å². The van der Waals surface area contributed by atoms with Crippen molar-refractivity contribution in [3.8, 4) is 23.0 Å². The zero-order chi connectivity index (χ0) is 24.6. The lowest BCUT2D eigenvalue weighted by Gasteiger charge is -2.35. The van der Waals surface area contributed by atoms with E-state index >= 15 is 0 Å². The zero-order valence-corrected chi connectivity index (χ0v) is 20.5. The van der Waals surface area contributed by atoms with Crippen LogP contribution in [0.2, 0.25) is 0 Å². The second-order valence-corrected chi connectivity index (χ2v) is 9.42. The van der Waals surface area contributed by atoms with Gasteiger partial charge in [-0.1, -0.05) is 6.07 Å². The lowest BCUT2D eigenvalue weighted by atomic mass is 9.90. The Kier molecular flexibility index (Phi) is 5.71. The standard InChI is InChI=1S/C28H28N6O2/c1-18-24(27(35)33-13-4-3-7-25(33)20-6-5-12-29-15-20)17-31-34(18)28-30-16-21-9-8-19-14-22(36-2)10-11-23(19)26(21)32-28/h5-6,10-12,14-17,25H,3-4,7-9,13H2,1-2H3/t25-/m0/s1. The number of hydrogen-bond donors (Lipinski definition) is 0. The van der Waals surface area contributed by atoms with Gasteiger partial charge in [-0.05, 0) is 80.0 Å². The first kappa shape index (κ1) is 22.4. The molecular formula is C28H28N6O2. The largest absolute Gasteiger partial charge is 0.497 e. The van der Waals surface area contributed by atoms with Crippen LogP contribution in [0.3, 0.4) is 0 Å². The van der Waals surface area contributed by atoms with E-state index < -0.39 is 0 Å². The van der Waals surface area contributed by atoms with Gasteiger partial charge in [0, 0.05) is 30.7 Å². The van der Waals surface area contributed by atoms with Crippen molar-refractivity contribution in [3.63, 3.8) is 0 Å². The number of aryl methyl sites for hydroxylation is 2. The number of pyridine rings is 1. The molecule has 3 aromatic heterocycles. The Hall–Kier alpha value is -4.07. The molecule has 0 saturated carbocycles. The summed E-state index contributed by atoms with van der Waals surface area (Å²) in [5.74, 6) is 1.30. The summed E-state index contributed by atoms with van der Waals surface area (Å²) in [7, 11) is 1.68. The van der Waals surface area contributed by atoms with Gasteiger partial charge in [-0.25, -0.2) is 14.6 Å². The van der Waals surface area contributed by atoms with Crippen LogP contribution < -0.4 is 4.74 Å². The van der Waals surface area contributed by atoms with Crippen molar-refractivity contribution in [2.45, 2.75) is 45.1 Å². The lowest BCUT2D eigenvalue weighted by molar-refractivity contribution is 0.0610. The van der Waals surface area contributed by atoms with Gasteiger partial charge in [0.25, 0.3) is 11.9 Å². The van der Waals surface area contributed by atoms with Crippen molar-refractivity contribution < 1.29 is 9.53 Å². The van der Waals surface area contributed by atoms with Crippen LogP contribution in [0.15, 0.2) is 55.1 Å². The van der Waals surface area contributed by atoms with E-state index in [-0.39, 0.29) is 11.9 Å². The fraction of sp³-hybridized carbons (Fsp3) is 0.321. The minimum Gasteiger partial charge on any atom is -0.497 e. The van der Waals surface area contributed by atoms with Crippen LogP contribution in [0.5, 0.6) is 5.75 Å². The SMILES string of the molecule is COc1ccc2c(c1)CCc1cnc(-n3ncc(C(=O)N4CCCC[C@H]4c4cccnc4)c3C)nc1-2. The van der Waals surface area contributed by atoms with Crippen LogP contribution in [0.1, 0.15) is 58.0 Å². The van der Waals surface area contributed by atoms with E-state index in [0.29, 0.717) is 11.5 Å². The van der Waals surface area contributed by atoms with E-state index in [1.165, 1.54) is 5.56 Å². The Morgan fingerprint density at radius 2 is 1.97 bits per heavy atom. The second-order valence-electron chi connectivity index (χ2n) is 9.42. The fourth-order valence-electron chi connectivity index (χ4n) is 5.39. The molecule has 1 aliphatic carbocycles. The van der Waals surface area contributed by atoms with Crippen molar-refractivity contribution in [2.24, 2.45) is 0 Å². The third-order valence-corrected chi connectivity index (χ3v) is 7.35. The average molecular weight is 481 g/mol. The van der Waals surface area contributed by atoms with Crippen molar-refractivity contribution in [1.29, 1.82) is 0 Å². The summed E-state index contributed by atoms with van der Waals surface area (Å²) in [4.78, 5) is 29.5. The molecule has 6 rings (SSSR count). The number of benzene rings is 1. The Labute approximate surface area is 210 Å². The van der Waals surface area contributed by atoms with E-state index in [0.717, 1.165) is 72.5 Å². The first-order chi connectivity index (χ1) is 17.6. The van der Waals surface area contributed by atoms with E-state index in [9.17, 15) is 4.79 Å². The van der Waals surface area contributed by atoms with Crippen LogP contribution in [0, 0.1) is 6.92 Å². The van der Waals surface area contributed by atoms with Crippen molar-refractivity contribution in [3.05, 3.63) is 83.1 Å². The minimum absolute atomic E-state index is 0.0114. The monoisotopic (exact) mass is 480 g/mol. The quantitative estimate of drug-likeness (QED) is 0.427. The molecule has 8 nitrogen and oxygen atoms in total. The minimum atomic E-state index is -0.0114. The number of carbonyl (C=O) groups excluding carboxylic acids is 1. The number of amides is 1. The lowest BCUT2D eigenvalue weighted by Crippen LogP contribution is -2.38. The molecule has 2 aliphatic rings. The summed E-state index contributed by atoms with van der Waals surface area (Å²) in [5.41, 5.74) is 6.73. The van der Waals surface area contributed by atoms with Crippen LogP contribution >= 0.6 is 0 Å². The molecule has 4 heterocycles. The number of likely N-dealkylation sites (tertiary alicyclic amines) is 1. The maximum Gasteiger partial charge on any atom is 0.257 e. The van der Waals surface area contributed by atoms with Gasteiger partial charge in [0.1, 0.15) is 5.75 Å². The smallest absolute Gasteiger partial charge is 0.257 e. The van der Waals surface area contributed by atoms with E-state index in [2.05, 4.69) is 27.2 Å². The van der Waals surface area contributed by atoms with Crippen LogP contribution in [-0.4, -0.2) is 49.2 Å². The van der Waals surface area contributed by atoms with Gasteiger partial charge in [-0.15, -0.1) is 0 Å². The first-order valence-electron chi connectivity index (χ1n) is 12.4. The number of fused-ring (bicyclic) bond motifs is 3. The molecule has 0 N–H and O–H groups in total. The maximum absolute atomic E-state index is 13.7. The molecular weight excluding hydrogens is 452 g/mol. The molecule has 8 heteroatoms. The number of ether oxygens (including phenoxy) is 1. The summed E-state index contributed by atoms with van der Waals surface area (Å²) in [6, 6.07) is 10.1. The Balaban J connectivity index is 1.33. The Bertz CT molecular complexity index is 1430. The summed E-state index contributed by atoms with van der Waals surface area (Å²) < 4.78 is 7.08. The number of nitrogens with zero attached hydrogens (tertiary/aromatic N) is 6. The molecule has 1 amide bonds. The van der Waals surface area contributed by atoms with Gasteiger partial charge < -0.3 is 9.64 Å². The average Bonchev–Trinajstić information content (AvgIpc) is 3.33. The van der Waals surface area contributed by atoms with Gasteiger partial charge in [0.05, 0.1) is 36.3 Å². The van der Waals surface area contributed by atoms with Crippen molar-refractivity contribution >= 4 is 5.91 Å². The van der Waals surface area contributed by atoms with Gasteiger partial charge in [0.15, 0.2) is 0 Å². The van der Waals surface area contributed by atoms with Crippen LogP contribution in [0.25, 0.3) is 17.2 Å². The van der Waals surface area contributed by atoms with Crippen LogP contribution in [-0.2, 0) is 12.8 Å². The second kappa shape index (κ2) is 9.18. The van der Waals surface area contributed by atoms with E-state index in [1.807, 2.05) is 42.4 Å². The van der Waals surface area contributed by atoms with Crippen molar-refractivity contribution in [1.82, 2.24) is 29.6 Å². The number of aromatic nitrogens is 5. The molecule has 1 saturated heterocycles. The number of rotatable bonds is 4. The predicted molar refractivity (Wildman–Crippen MR) is 135 cm³/mol. The highest BCUT2D eigenvalue weighted by Gasteiger charge is 2.31. The van der Waals surface area contributed by atoms with Gasteiger partial charge >= 0.3 is 0 Å². The number of piperidine rings is 1. The third kappa shape index (κ3) is 3.82. The Morgan fingerprint density at radius 3 is 2.81 bits per heavy atom. The molecule has 0 spiro atoms. The summed E-state index contributed by atoms with van der Waals surface area (Å²) in [5, 5.41) is 4.54. The molecule has 0 unspecified atom stereocenters. The maximum atomic E-state index is 13.7. The van der Waals surface area contributed by atoms with E-state index in [4.69, 9.17) is 9.72 Å². The summed E-state index contributed by atoms with van der Waals surface area (Å²) in [6.07, 6.45) is 12.0. The molecule has 0 radical (unpaired) electrons. The van der Waals surface area contributed by atoms with Gasteiger partial charge in [0.2, 0.25) is 0 Å². The molecule has 1 atom stereocenters. The zero-order valence-electron chi connectivity index (χ0n) is 20.5. The molecule has 1 fully saturated rings. The molecule has 36 heavy (non-hydrogen) atoms. The molecule has 1 aromatic carbocycles. The Morgan fingerprint density at radius 1 is 1.08 bits per heavy atom. The number of carbonyl (C=O) groups is 1. The molecule has 182 valence electrons. The fourth-order valence-corrected chi connectivity index (χ4v) is 5.39. The first-order valence-corrected chi connectivity index (χ1v) is 12.4. The van der Waals surface area contributed by atoms with Gasteiger partial charge in [-0.2, -0.15) is 5.10 Å². The highest BCUT2D eigenvalue weighted by Crippen LogP contribution is 2.35. The predicted octanol–water partition coefficient (Wildman–Crippen LogP) is 4.51. The normalized spacial score (nSPS) is 16.8. The molecule has 1 aliphatic heterocycles. The molecule has 4 aromatic rings.